The average molecular weight is 350 g/mol. The molecule has 0 aliphatic carbocycles. The summed E-state index contributed by atoms with van der Waals surface area (Å²) in [5.41, 5.74) is 6.92. The highest BCUT2D eigenvalue weighted by Gasteiger charge is 2.24. The molecule has 3 nitrogen and oxygen atoms in total. The second kappa shape index (κ2) is 8.70. The Morgan fingerprint density at radius 3 is 2.54 bits per heavy atom. The Bertz CT molecular complexity index is 778. The molecule has 1 aromatic carbocycles. The van der Waals surface area contributed by atoms with Gasteiger partial charge in [0.05, 0.1) is 11.4 Å². The van der Waals surface area contributed by atoms with Gasteiger partial charge in [-0.15, -0.1) is 0 Å². The van der Waals surface area contributed by atoms with Gasteiger partial charge in [-0.2, -0.15) is 0 Å². The van der Waals surface area contributed by atoms with Crippen molar-refractivity contribution in [2.75, 3.05) is 14.1 Å². The quantitative estimate of drug-likeness (QED) is 0.534. The summed E-state index contributed by atoms with van der Waals surface area (Å²) in [5.74, 6) is 0. The molecule has 1 aromatic rings. The van der Waals surface area contributed by atoms with Crippen LogP contribution in [-0.2, 0) is 6.54 Å². The summed E-state index contributed by atoms with van der Waals surface area (Å²) in [5, 5.41) is 0. The lowest BCUT2D eigenvalue weighted by Gasteiger charge is -2.34. The van der Waals surface area contributed by atoms with Crippen LogP contribution >= 0.6 is 0 Å². The molecule has 0 amide bonds. The van der Waals surface area contributed by atoms with Gasteiger partial charge in [-0.05, 0) is 46.1 Å². The summed E-state index contributed by atoms with van der Waals surface area (Å²) in [4.78, 5) is 9.06. The van der Waals surface area contributed by atoms with Gasteiger partial charge in [0.2, 0.25) is 0 Å². The highest BCUT2D eigenvalue weighted by Crippen LogP contribution is 2.35. The molecule has 1 aliphatic heterocycles. The number of allylic oxidation sites excluding steroid dienone is 5. The van der Waals surface area contributed by atoms with Gasteiger partial charge in [0.1, 0.15) is 0 Å². The van der Waals surface area contributed by atoms with Crippen molar-refractivity contribution < 1.29 is 0 Å². The Labute approximate surface area is 158 Å². The van der Waals surface area contributed by atoms with Gasteiger partial charge in [0.15, 0.2) is 0 Å². The van der Waals surface area contributed by atoms with E-state index in [9.17, 15) is 0 Å². The Morgan fingerprint density at radius 2 is 1.92 bits per heavy atom. The molecule has 138 valence electrons. The van der Waals surface area contributed by atoms with Crippen LogP contribution in [-0.4, -0.2) is 36.7 Å². The van der Waals surface area contributed by atoms with E-state index in [2.05, 4.69) is 92.8 Å². The molecule has 1 heterocycles. The Balaban J connectivity index is 2.83. The van der Waals surface area contributed by atoms with Crippen molar-refractivity contribution in [3.8, 4) is 0 Å². The lowest BCUT2D eigenvalue weighted by molar-refractivity contribution is 0.387. The third-order valence-electron chi connectivity index (χ3n) is 4.90. The van der Waals surface area contributed by atoms with E-state index in [4.69, 9.17) is 0 Å². The molecule has 1 aliphatic rings. The summed E-state index contributed by atoms with van der Waals surface area (Å²) in [7, 11) is 4.27. The highest BCUT2D eigenvalue weighted by atomic mass is 15.2. The van der Waals surface area contributed by atoms with Crippen LogP contribution in [0.3, 0.4) is 0 Å². The van der Waals surface area contributed by atoms with Crippen LogP contribution in [0, 0.1) is 0 Å². The fourth-order valence-electron chi connectivity index (χ4n) is 3.26. The minimum atomic E-state index is 0.363. The molecule has 3 heteroatoms. The number of fused-ring (bicyclic) bond motifs is 1. The maximum Gasteiger partial charge on any atom is 0.0911 e. The zero-order chi connectivity index (χ0) is 19.3. The second-order valence-electron chi connectivity index (χ2n) is 6.97. The van der Waals surface area contributed by atoms with Crippen LogP contribution in [0.1, 0.15) is 38.8 Å². The number of benzene rings is 1. The SMILES string of the molecule is C=NC1=C(\N(C)C(C)C)c2ccccc2CN(C)C(/C=C\C=C/C)=C\1C. The molecule has 0 saturated carbocycles. The third-order valence-corrected chi connectivity index (χ3v) is 4.90. The number of likely N-dealkylation sites (N-methyl/N-ethyl adjacent to an activating group) is 1. The summed E-state index contributed by atoms with van der Waals surface area (Å²) in [6, 6.07) is 8.96. The number of nitrogens with zero attached hydrogens (tertiary/aromatic N) is 3. The predicted octanol–water partition coefficient (Wildman–Crippen LogP) is 5.25. The van der Waals surface area contributed by atoms with Gasteiger partial charge in [-0.1, -0.05) is 42.5 Å². The number of hydrogen-bond donors (Lipinski definition) is 0. The fourth-order valence-corrected chi connectivity index (χ4v) is 3.26. The monoisotopic (exact) mass is 349 g/mol. The first kappa shape index (κ1) is 19.8. The molecule has 0 bridgehead atoms. The molecule has 0 fully saturated rings. The summed E-state index contributed by atoms with van der Waals surface area (Å²) < 4.78 is 0. The van der Waals surface area contributed by atoms with Crippen molar-refractivity contribution in [3.05, 3.63) is 76.7 Å². The van der Waals surface area contributed by atoms with Gasteiger partial charge in [0, 0.05) is 43.5 Å². The van der Waals surface area contributed by atoms with Gasteiger partial charge < -0.3 is 9.80 Å². The largest absolute Gasteiger partial charge is 0.370 e. The maximum absolute atomic E-state index is 4.48. The second-order valence-corrected chi connectivity index (χ2v) is 6.97. The first-order valence-corrected chi connectivity index (χ1v) is 9.16. The molecule has 0 N–H and O–H groups in total. The van der Waals surface area contributed by atoms with E-state index in [-0.39, 0.29) is 0 Å². The van der Waals surface area contributed by atoms with Crippen molar-refractivity contribution in [1.82, 2.24) is 9.80 Å². The molecule has 0 atom stereocenters. The van der Waals surface area contributed by atoms with Crippen LogP contribution in [0.15, 0.2) is 70.5 Å². The lowest BCUT2D eigenvalue weighted by atomic mass is 9.95. The van der Waals surface area contributed by atoms with Crippen molar-refractivity contribution in [3.63, 3.8) is 0 Å². The summed E-state index contributed by atoms with van der Waals surface area (Å²) in [6.07, 6.45) is 8.31. The minimum absolute atomic E-state index is 0.363. The van der Waals surface area contributed by atoms with Crippen molar-refractivity contribution in [2.45, 2.75) is 40.3 Å². The first-order valence-electron chi connectivity index (χ1n) is 9.16. The van der Waals surface area contributed by atoms with Crippen molar-refractivity contribution in [2.24, 2.45) is 4.99 Å². The molecule has 26 heavy (non-hydrogen) atoms. The molecule has 0 unspecified atom stereocenters. The molecule has 2 rings (SSSR count). The first-order chi connectivity index (χ1) is 12.4. The zero-order valence-corrected chi connectivity index (χ0v) is 17.0. The predicted molar refractivity (Wildman–Crippen MR) is 114 cm³/mol. The normalized spacial score (nSPS) is 21.3. The molecule has 0 saturated heterocycles. The van der Waals surface area contributed by atoms with Crippen LogP contribution < -0.4 is 0 Å². The summed E-state index contributed by atoms with van der Waals surface area (Å²) in [6.45, 7) is 13.3. The Morgan fingerprint density at radius 1 is 1.23 bits per heavy atom. The molecule has 0 radical (unpaired) electrons. The number of hydrogen-bond acceptors (Lipinski definition) is 3. The van der Waals surface area contributed by atoms with Crippen LogP contribution in [0.5, 0.6) is 0 Å². The number of rotatable bonds is 5. The highest BCUT2D eigenvalue weighted by molar-refractivity contribution is 5.75. The van der Waals surface area contributed by atoms with E-state index >= 15 is 0 Å². The third kappa shape index (κ3) is 3.98. The van der Waals surface area contributed by atoms with Gasteiger partial charge in [0.25, 0.3) is 0 Å². The van der Waals surface area contributed by atoms with E-state index < -0.39 is 0 Å². The van der Waals surface area contributed by atoms with E-state index in [1.54, 1.807) is 0 Å². The maximum atomic E-state index is 4.48. The minimum Gasteiger partial charge on any atom is -0.370 e. The standard InChI is InChI=1S/C23H31N3/c1-8-9-10-15-21-18(4)22(24-5)23(26(7)17(2)3)20-14-12-11-13-19(20)16-25(21)6/h8-15,17H,5,16H2,1-4,6-7H3/b9-8-,15-10-,21-18-,23-22-. The Kier molecular flexibility index (Phi) is 6.62. The topological polar surface area (TPSA) is 18.8 Å². The van der Waals surface area contributed by atoms with E-state index in [1.165, 1.54) is 11.1 Å². The van der Waals surface area contributed by atoms with Crippen LogP contribution in [0.4, 0.5) is 0 Å². The Hall–Kier alpha value is -2.55. The van der Waals surface area contributed by atoms with Crippen LogP contribution in [0.25, 0.3) is 5.70 Å². The molecular formula is C23H31N3. The fraction of sp³-hybridized carbons (Fsp3) is 0.348. The number of aliphatic imine (C=N–C) groups is 1. The average Bonchev–Trinajstić information content (AvgIpc) is 2.62. The molecular weight excluding hydrogens is 318 g/mol. The van der Waals surface area contributed by atoms with E-state index in [0.717, 1.165) is 29.2 Å². The summed E-state index contributed by atoms with van der Waals surface area (Å²) >= 11 is 0. The van der Waals surface area contributed by atoms with Crippen molar-refractivity contribution >= 4 is 12.4 Å². The smallest absolute Gasteiger partial charge is 0.0911 e. The van der Waals surface area contributed by atoms with Gasteiger partial charge in [-0.25, -0.2) is 0 Å². The van der Waals surface area contributed by atoms with E-state index in [0.29, 0.717) is 6.04 Å². The molecule has 0 aromatic heterocycles. The van der Waals surface area contributed by atoms with Gasteiger partial charge >= 0.3 is 0 Å². The zero-order valence-electron chi connectivity index (χ0n) is 17.0. The van der Waals surface area contributed by atoms with Crippen molar-refractivity contribution in [1.29, 1.82) is 0 Å². The van der Waals surface area contributed by atoms with Gasteiger partial charge in [-0.3, -0.25) is 4.99 Å². The molecule has 0 spiro atoms. The lowest BCUT2D eigenvalue weighted by Crippen LogP contribution is -2.29. The van der Waals surface area contributed by atoms with E-state index in [1.807, 2.05) is 19.1 Å². The van der Waals surface area contributed by atoms with Crippen LogP contribution in [0.2, 0.25) is 0 Å².